The number of para-hydroxylation sites is 1. The van der Waals surface area contributed by atoms with Gasteiger partial charge in [-0.15, -0.1) is 0 Å². The molecule has 0 aromatic heterocycles. The Bertz CT molecular complexity index is 452. The van der Waals surface area contributed by atoms with Crippen molar-refractivity contribution in [1.82, 2.24) is 5.32 Å². The first-order valence-corrected chi connectivity index (χ1v) is 6.30. The van der Waals surface area contributed by atoms with Gasteiger partial charge >= 0.3 is 0 Å². The highest BCUT2D eigenvalue weighted by atomic mass is 79.9. The van der Waals surface area contributed by atoms with Crippen molar-refractivity contribution in [3.8, 4) is 5.75 Å². The number of hydrogen-bond acceptors (Lipinski definition) is 3. The number of amides is 1. The zero-order valence-corrected chi connectivity index (χ0v) is 12.2. The SMILES string of the molecule is CC(C)(C)NC(=O)COc1c(Br)cccc1C=O. The van der Waals surface area contributed by atoms with Crippen molar-refractivity contribution in [2.45, 2.75) is 26.3 Å². The maximum atomic E-state index is 11.6. The van der Waals surface area contributed by atoms with Crippen molar-refractivity contribution in [3.63, 3.8) is 0 Å². The van der Waals surface area contributed by atoms with E-state index in [1.165, 1.54) is 0 Å². The summed E-state index contributed by atoms with van der Waals surface area (Å²) < 4.78 is 6.03. The minimum Gasteiger partial charge on any atom is -0.482 e. The lowest BCUT2D eigenvalue weighted by Crippen LogP contribution is -2.43. The highest BCUT2D eigenvalue weighted by Crippen LogP contribution is 2.27. The molecule has 0 spiro atoms. The van der Waals surface area contributed by atoms with Gasteiger partial charge in [0.2, 0.25) is 0 Å². The molecule has 0 heterocycles. The molecule has 0 saturated heterocycles. The van der Waals surface area contributed by atoms with E-state index in [1.54, 1.807) is 18.2 Å². The second kappa shape index (κ2) is 6.00. The number of carbonyl (C=O) groups is 2. The molecular weight excluding hydrogens is 298 g/mol. The predicted octanol–water partition coefficient (Wildman–Crippen LogP) is 2.56. The predicted molar refractivity (Wildman–Crippen MR) is 72.9 cm³/mol. The summed E-state index contributed by atoms with van der Waals surface area (Å²) in [7, 11) is 0. The lowest BCUT2D eigenvalue weighted by atomic mass is 10.1. The fourth-order valence-corrected chi connectivity index (χ4v) is 1.86. The number of ether oxygens (including phenoxy) is 1. The number of rotatable bonds is 4. The molecule has 0 bridgehead atoms. The number of nitrogens with one attached hydrogen (secondary N) is 1. The third-order valence-corrected chi connectivity index (χ3v) is 2.61. The summed E-state index contributed by atoms with van der Waals surface area (Å²) in [6.07, 6.45) is 0.696. The molecule has 1 aromatic carbocycles. The fraction of sp³-hybridized carbons (Fsp3) is 0.385. The molecule has 5 heteroatoms. The van der Waals surface area contributed by atoms with Crippen LogP contribution in [0, 0.1) is 0 Å². The number of benzene rings is 1. The Hall–Kier alpha value is -1.36. The lowest BCUT2D eigenvalue weighted by molar-refractivity contribution is -0.124. The second-order valence-electron chi connectivity index (χ2n) is 4.86. The molecule has 0 aliphatic heterocycles. The molecule has 0 aliphatic carbocycles. The van der Waals surface area contributed by atoms with Gasteiger partial charge in [0.25, 0.3) is 5.91 Å². The molecule has 0 unspecified atom stereocenters. The van der Waals surface area contributed by atoms with Gasteiger partial charge in [-0.05, 0) is 48.8 Å². The fourth-order valence-electron chi connectivity index (χ4n) is 1.36. The summed E-state index contributed by atoms with van der Waals surface area (Å²) >= 11 is 3.28. The smallest absolute Gasteiger partial charge is 0.258 e. The van der Waals surface area contributed by atoms with Crippen molar-refractivity contribution in [2.24, 2.45) is 0 Å². The van der Waals surface area contributed by atoms with Gasteiger partial charge in [-0.25, -0.2) is 0 Å². The van der Waals surface area contributed by atoms with Gasteiger partial charge in [-0.1, -0.05) is 6.07 Å². The molecule has 18 heavy (non-hydrogen) atoms. The van der Waals surface area contributed by atoms with Gasteiger partial charge in [0, 0.05) is 5.54 Å². The van der Waals surface area contributed by atoms with E-state index < -0.39 is 0 Å². The van der Waals surface area contributed by atoms with Crippen LogP contribution in [0.5, 0.6) is 5.75 Å². The molecule has 0 atom stereocenters. The standard InChI is InChI=1S/C13H16BrNO3/c1-13(2,3)15-11(17)8-18-12-9(7-16)5-4-6-10(12)14/h4-7H,8H2,1-3H3,(H,15,17). The van der Waals surface area contributed by atoms with Crippen LogP contribution in [0.25, 0.3) is 0 Å². The topological polar surface area (TPSA) is 55.4 Å². The largest absolute Gasteiger partial charge is 0.482 e. The Morgan fingerprint density at radius 3 is 2.67 bits per heavy atom. The van der Waals surface area contributed by atoms with Crippen LogP contribution in [0.1, 0.15) is 31.1 Å². The summed E-state index contributed by atoms with van der Waals surface area (Å²) in [6.45, 7) is 5.54. The molecule has 4 nitrogen and oxygen atoms in total. The van der Waals surface area contributed by atoms with E-state index in [9.17, 15) is 9.59 Å². The van der Waals surface area contributed by atoms with Gasteiger partial charge in [-0.2, -0.15) is 0 Å². The van der Waals surface area contributed by atoms with Gasteiger partial charge < -0.3 is 10.1 Å². The molecule has 1 aromatic rings. The summed E-state index contributed by atoms with van der Waals surface area (Å²) in [6, 6.07) is 5.12. The van der Waals surface area contributed by atoms with Crippen molar-refractivity contribution in [1.29, 1.82) is 0 Å². The van der Waals surface area contributed by atoms with E-state index in [4.69, 9.17) is 4.74 Å². The average molecular weight is 314 g/mol. The molecular formula is C13H16BrNO3. The molecule has 1 N–H and O–H groups in total. The van der Waals surface area contributed by atoms with Crippen molar-refractivity contribution in [3.05, 3.63) is 28.2 Å². The number of carbonyl (C=O) groups excluding carboxylic acids is 2. The molecule has 0 radical (unpaired) electrons. The normalized spacial score (nSPS) is 10.9. The Morgan fingerprint density at radius 2 is 2.11 bits per heavy atom. The van der Waals surface area contributed by atoms with E-state index in [2.05, 4.69) is 21.2 Å². The lowest BCUT2D eigenvalue weighted by Gasteiger charge is -2.20. The van der Waals surface area contributed by atoms with E-state index in [-0.39, 0.29) is 18.1 Å². The van der Waals surface area contributed by atoms with Crippen LogP contribution in [0.15, 0.2) is 22.7 Å². The molecule has 0 saturated carbocycles. The second-order valence-corrected chi connectivity index (χ2v) is 5.72. The minimum absolute atomic E-state index is 0.124. The van der Waals surface area contributed by atoms with E-state index in [0.717, 1.165) is 0 Å². The first-order valence-electron chi connectivity index (χ1n) is 5.51. The van der Waals surface area contributed by atoms with Gasteiger partial charge in [0.15, 0.2) is 12.9 Å². The molecule has 98 valence electrons. The zero-order chi connectivity index (χ0) is 13.8. The zero-order valence-electron chi connectivity index (χ0n) is 10.6. The Morgan fingerprint density at radius 1 is 1.44 bits per heavy atom. The quantitative estimate of drug-likeness (QED) is 0.869. The maximum Gasteiger partial charge on any atom is 0.258 e. The highest BCUT2D eigenvalue weighted by Gasteiger charge is 2.15. The Balaban J connectivity index is 2.69. The maximum absolute atomic E-state index is 11.6. The summed E-state index contributed by atoms with van der Waals surface area (Å²) in [5.41, 5.74) is 0.106. The van der Waals surface area contributed by atoms with Crippen molar-refractivity contribution < 1.29 is 14.3 Å². The van der Waals surface area contributed by atoms with E-state index >= 15 is 0 Å². The van der Waals surface area contributed by atoms with Crippen LogP contribution in [-0.2, 0) is 4.79 Å². The third kappa shape index (κ3) is 4.49. The Kier molecular flexibility index (Phi) is 4.90. The molecule has 0 aliphatic rings. The van der Waals surface area contributed by atoms with Crippen LogP contribution in [0.3, 0.4) is 0 Å². The van der Waals surface area contributed by atoms with Gasteiger partial charge in [0.05, 0.1) is 10.0 Å². The van der Waals surface area contributed by atoms with Crippen LogP contribution in [0.4, 0.5) is 0 Å². The average Bonchev–Trinajstić information content (AvgIpc) is 2.24. The summed E-state index contributed by atoms with van der Waals surface area (Å²) in [5.74, 6) is 0.159. The first-order chi connectivity index (χ1) is 8.33. The highest BCUT2D eigenvalue weighted by molar-refractivity contribution is 9.10. The molecule has 1 amide bonds. The summed E-state index contributed by atoms with van der Waals surface area (Å²) in [4.78, 5) is 22.5. The summed E-state index contributed by atoms with van der Waals surface area (Å²) in [5, 5.41) is 2.78. The van der Waals surface area contributed by atoms with Gasteiger partial charge in [-0.3, -0.25) is 9.59 Å². The van der Waals surface area contributed by atoms with Crippen LogP contribution < -0.4 is 10.1 Å². The number of hydrogen-bond donors (Lipinski definition) is 1. The van der Waals surface area contributed by atoms with Crippen molar-refractivity contribution in [2.75, 3.05) is 6.61 Å². The molecule has 0 fully saturated rings. The minimum atomic E-state index is -0.304. The van der Waals surface area contributed by atoms with Crippen LogP contribution in [0.2, 0.25) is 0 Å². The van der Waals surface area contributed by atoms with Crippen LogP contribution >= 0.6 is 15.9 Å². The van der Waals surface area contributed by atoms with Crippen molar-refractivity contribution >= 4 is 28.1 Å². The molecule has 1 rings (SSSR count). The Labute approximate surface area is 115 Å². The third-order valence-electron chi connectivity index (χ3n) is 1.99. The number of aldehydes is 1. The monoisotopic (exact) mass is 313 g/mol. The van der Waals surface area contributed by atoms with E-state index in [1.807, 2.05) is 20.8 Å². The number of halogens is 1. The van der Waals surface area contributed by atoms with Crippen LogP contribution in [-0.4, -0.2) is 24.3 Å². The van der Waals surface area contributed by atoms with Gasteiger partial charge in [0.1, 0.15) is 5.75 Å². The first kappa shape index (κ1) is 14.7. The van der Waals surface area contributed by atoms with E-state index in [0.29, 0.717) is 22.1 Å².